The quantitative estimate of drug-likeness (QED) is 0.0474. The molecule has 0 unspecified atom stereocenters. The molecule has 714 valence electrons. The minimum atomic E-state index is -0.617. The molecule has 0 amide bonds. The van der Waals surface area contributed by atoms with Crippen LogP contribution in [0.25, 0.3) is 23.0 Å². The van der Waals surface area contributed by atoms with Crippen molar-refractivity contribution < 1.29 is 109 Å². The van der Waals surface area contributed by atoms with Crippen molar-refractivity contribution in [2.24, 2.45) is 32.5 Å². The molecule has 0 saturated heterocycles. The average molecular weight is 1950 g/mol. The molecular weight excluding hydrogens is 1830 g/mol. The Kier molecular flexibility index (Phi) is 66.3. The van der Waals surface area contributed by atoms with Crippen molar-refractivity contribution in [2.45, 2.75) is 125 Å². The number of rotatable bonds is 12. The van der Waals surface area contributed by atoms with E-state index < -0.39 is 67.1 Å². The Bertz CT molecular complexity index is 4320. The van der Waals surface area contributed by atoms with Gasteiger partial charge in [0.15, 0.2) is 34.7 Å². The molecule has 0 aliphatic heterocycles. The number of ketones is 6. The molecule has 135 heavy (non-hydrogen) atoms. The number of aromatic nitrogens is 10. The summed E-state index contributed by atoms with van der Waals surface area (Å²) in [5.41, 5.74) is -1.75. The number of nitrogens with zero attached hydrogens (tertiary/aromatic N) is 10. The molecule has 25 heteroatoms. The van der Waals surface area contributed by atoms with Crippen LogP contribution in [0.3, 0.4) is 0 Å². The summed E-state index contributed by atoms with van der Waals surface area (Å²) in [6.07, 6.45) is 41.5. The maximum absolute atomic E-state index is 12.1. The molecular formula is C110H122N10Ni3O12. The van der Waals surface area contributed by atoms with Crippen LogP contribution in [0.15, 0.2) is 427 Å². The summed E-state index contributed by atoms with van der Waals surface area (Å²) in [5.74, 6) is -3.91. The second kappa shape index (κ2) is 71.6. The van der Waals surface area contributed by atoms with Crippen LogP contribution < -0.4 is 30.6 Å². The van der Waals surface area contributed by atoms with E-state index in [9.17, 15) is 59.4 Å². The first-order chi connectivity index (χ1) is 62.5. The summed E-state index contributed by atoms with van der Waals surface area (Å²) < 4.78 is 0. The fourth-order valence-corrected chi connectivity index (χ4v) is 8.04. The third kappa shape index (κ3) is 65.2. The Morgan fingerprint density at radius 1 is 0.178 bits per heavy atom. The van der Waals surface area contributed by atoms with E-state index >= 15 is 0 Å². The van der Waals surface area contributed by atoms with Gasteiger partial charge in [-0.05, 0) is 191 Å². The summed E-state index contributed by atoms with van der Waals surface area (Å²) in [7, 11) is 0. The van der Waals surface area contributed by atoms with E-state index in [-0.39, 0.29) is 84.1 Å². The first-order valence-electron chi connectivity index (χ1n) is 41.9. The molecule has 0 aliphatic rings. The van der Waals surface area contributed by atoms with Crippen molar-refractivity contribution in [3.8, 4) is 0 Å². The molecule has 0 spiro atoms. The maximum Gasteiger partial charge on any atom is 2.00 e. The standard InChI is InChI=1S/3C20H26O4.10C5H5N.3Ni/c3*1-19(2,3)17(23)11-15(21)13-7-9-14(10-8-13)16(22)12-18(24)20(4,5)6;10*1-2-4-6-5-3-1;;;/h7-12,23-24H,1-6H3;2*7-12,21-22H,1-6H3;10*1-5H;;;/q;;;;;;;;;;;;;3*+2/p-6/b17-11-,18-12-;2*15-11-,16-12-;;;;;;;;;;;;;. The molecule has 13 rings (SSSR count). The number of benzene rings is 3. The topological polar surface area (TPSA) is 370 Å². The second-order valence-corrected chi connectivity index (χ2v) is 33.7. The number of pyridine rings is 10. The van der Waals surface area contributed by atoms with Crippen molar-refractivity contribution in [3.05, 3.63) is 460 Å². The molecule has 22 nitrogen and oxygen atoms in total. The molecule has 10 heterocycles. The van der Waals surface area contributed by atoms with Gasteiger partial charge in [0.2, 0.25) is 0 Å². The van der Waals surface area contributed by atoms with Crippen LogP contribution in [0, 0.1) is 32.5 Å². The minimum Gasteiger partial charge on any atom is -0.875 e. The molecule has 0 radical (unpaired) electrons. The van der Waals surface area contributed by atoms with Gasteiger partial charge in [0.05, 0.1) is 0 Å². The third-order valence-electron chi connectivity index (χ3n) is 16.0. The molecule has 0 N–H and O–H groups in total. The fraction of sp³-hybridized carbons (Fsp3) is 0.218. The Labute approximate surface area is 827 Å². The zero-order valence-electron chi connectivity index (χ0n) is 79.6. The van der Waals surface area contributed by atoms with Gasteiger partial charge in [-0.1, -0.05) is 281 Å². The van der Waals surface area contributed by atoms with Crippen molar-refractivity contribution in [1.29, 1.82) is 0 Å². The Hall–Kier alpha value is -14.1. The molecule has 0 saturated carbocycles. The predicted octanol–water partition coefficient (Wildman–Crippen LogP) is 18.1. The van der Waals surface area contributed by atoms with E-state index in [1.165, 1.54) is 72.8 Å². The van der Waals surface area contributed by atoms with E-state index in [0.717, 1.165) is 36.5 Å². The van der Waals surface area contributed by atoms with E-state index in [4.69, 9.17) is 0 Å². The normalized spacial score (nSPS) is 10.9. The van der Waals surface area contributed by atoms with E-state index in [1.807, 2.05) is 182 Å². The van der Waals surface area contributed by atoms with Gasteiger partial charge in [-0.15, -0.1) is 11.5 Å². The van der Waals surface area contributed by atoms with Crippen LogP contribution in [-0.2, 0) is 68.7 Å². The Morgan fingerprint density at radius 2 is 0.289 bits per heavy atom. The Balaban J connectivity index is -0.00000147. The van der Waals surface area contributed by atoms with Crippen molar-refractivity contribution in [2.75, 3.05) is 0 Å². The molecule has 3 aromatic carbocycles. The molecule has 0 aliphatic carbocycles. The average Bonchev–Trinajstić information content (AvgIpc) is 0.851. The van der Waals surface area contributed by atoms with Crippen LogP contribution in [0.1, 0.15) is 168 Å². The van der Waals surface area contributed by atoms with Gasteiger partial charge in [-0.3, -0.25) is 78.6 Å². The molecule has 13 aromatic rings. The SMILES string of the molecule is CC(C)(C)/C([O-])=C/C(=O)c1ccc(C(=O)/C=C(\[O-])C(C)(C)C)cc1.CC(C)(C)C(=O)/C=C(\[O-])c1ccc(/C([O-])=C/C(=O)C(C)(C)C)cc1.CC(C)(C)C(=O)/C=C(\[O-])c1ccc(/C([O-])=C/C(=O)C(C)(C)C)cc1.[Ni+2].[Ni+2].[Ni+2].c1ccncc1.c1ccncc1.c1ccncc1.c1ccncc1.c1ccncc1.c1ccncc1.c1ccncc1.c1ccncc1.c1ccncc1.c1ccncc1. The van der Waals surface area contributed by atoms with Crippen molar-refractivity contribution >= 4 is 57.7 Å². The van der Waals surface area contributed by atoms with Crippen LogP contribution in [0.5, 0.6) is 0 Å². The smallest absolute Gasteiger partial charge is 0.875 e. The number of hydrogen-bond donors (Lipinski definition) is 0. The molecule has 0 atom stereocenters. The van der Waals surface area contributed by atoms with E-state index in [2.05, 4.69) is 49.8 Å². The third-order valence-corrected chi connectivity index (χ3v) is 16.0. The van der Waals surface area contributed by atoms with Gasteiger partial charge >= 0.3 is 49.5 Å². The van der Waals surface area contributed by atoms with E-state index in [0.29, 0.717) is 33.4 Å². The van der Waals surface area contributed by atoms with Gasteiger partial charge in [0.25, 0.3) is 0 Å². The van der Waals surface area contributed by atoms with Crippen molar-refractivity contribution in [1.82, 2.24) is 49.8 Å². The van der Waals surface area contributed by atoms with E-state index in [1.54, 1.807) is 249 Å². The molecule has 0 fully saturated rings. The number of carbonyl (C=O) groups is 6. The zero-order valence-corrected chi connectivity index (χ0v) is 82.5. The summed E-state index contributed by atoms with van der Waals surface area (Å²) >= 11 is 0. The second-order valence-electron chi connectivity index (χ2n) is 33.7. The fourth-order valence-electron chi connectivity index (χ4n) is 8.04. The first-order valence-corrected chi connectivity index (χ1v) is 41.9. The van der Waals surface area contributed by atoms with Crippen LogP contribution >= 0.6 is 0 Å². The minimum absolute atomic E-state index is 0. The van der Waals surface area contributed by atoms with Crippen LogP contribution in [0.2, 0.25) is 0 Å². The Morgan fingerprint density at radius 3 is 0.370 bits per heavy atom. The van der Waals surface area contributed by atoms with Gasteiger partial charge in [-0.25, -0.2) is 0 Å². The predicted molar refractivity (Wildman–Crippen MR) is 515 cm³/mol. The van der Waals surface area contributed by atoms with Crippen LogP contribution in [0.4, 0.5) is 0 Å². The number of carbonyl (C=O) groups excluding carboxylic acids is 6. The monoisotopic (exact) mass is 1950 g/mol. The number of allylic oxidation sites excluding steroid dienone is 8. The molecule has 10 aromatic heterocycles. The van der Waals surface area contributed by atoms with Gasteiger partial charge in [-0.2, -0.15) is 0 Å². The largest absolute Gasteiger partial charge is 2.00 e. The van der Waals surface area contributed by atoms with Gasteiger partial charge < -0.3 is 30.6 Å². The maximum atomic E-state index is 12.1. The summed E-state index contributed by atoms with van der Waals surface area (Å²) in [4.78, 5) is 109. The van der Waals surface area contributed by atoms with Crippen LogP contribution in [-0.4, -0.2) is 84.5 Å². The summed E-state index contributed by atoms with van der Waals surface area (Å²) in [6, 6.07) is 75.0. The summed E-state index contributed by atoms with van der Waals surface area (Å²) in [5, 5.41) is 72.0. The summed E-state index contributed by atoms with van der Waals surface area (Å²) in [6.45, 7) is 31.3. The molecule has 0 bridgehead atoms. The van der Waals surface area contributed by atoms with Gasteiger partial charge in [0, 0.05) is 157 Å². The number of hydrogen-bond acceptors (Lipinski definition) is 22. The first kappa shape index (κ1) is 125. The van der Waals surface area contributed by atoms with Gasteiger partial charge in [0.1, 0.15) is 0 Å². The zero-order chi connectivity index (χ0) is 98.5. The van der Waals surface area contributed by atoms with Crippen molar-refractivity contribution in [3.63, 3.8) is 0 Å².